The average molecular weight is 256 g/mol. The van der Waals surface area contributed by atoms with E-state index in [9.17, 15) is 0 Å². The van der Waals surface area contributed by atoms with Crippen LogP contribution in [0.3, 0.4) is 0 Å². The monoisotopic (exact) mass is 256 g/mol. The van der Waals surface area contributed by atoms with Gasteiger partial charge in [0.25, 0.3) is 0 Å². The first-order valence-electron chi connectivity index (χ1n) is 7.74. The van der Waals surface area contributed by atoms with Crippen LogP contribution in [-0.2, 0) is 0 Å². The van der Waals surface area contributed by atoms with Crippen molar-refractivity contribution in [3.05, 3.63) is 24.3 Å². The van der Waals surface area contributed by atoms with Gasteiger partial charge in [0.05, 0.1) is 0 Å². The van der Waals surface area contributed by atoms with Gasteiger partial charge in [-0.3, -0.25) is 0 Å². The molecule has 2 nitrogen and oxygen atoms in total. The van der Waals surface area contributed by atoms with E-state index < -0.39 is 0 Å². The highest BCUT2D eigenvalue weighted by Crippen LogP contribution is 2.58. The van der Waals surface area contributed by atoms with Crippen molar-refractivity contribution in [3.8, 4) is 0 Å². The average Bonchev–Trinajstić information content (AvgIpc) is 2.36. The van der Waals surface area contributed by atoms with Crippen molar-refractivity contribution in [1.29, 1.82) is 0 Å². The SMILES string of the molecule is CN(c1cccc(N)c1)C12CC3CC(CC(C3)C1)C2. The summed E-state index contributed by atoms with van der Waals surface area (Å²) in [7, 11) is 2.29. The van der Waals surface area contributed by atoms with Gasteiger partial charge in [0.1, 0.15) is 0 Å². The summed E-state index contributed by atoms with van der Waals surface area (Å²) >= 11 is 0. The molecule has 0 atom stereocenters. The van der Waals surface area contributed by atoms with Gasteiger partial charge >= 0.3 is 0 Å². The maximum absolute atomic E-state index is 5.96. The number of hydrogen-bond acceptors (Lipinski definition) is 2. The van der Waals surface area contributed by atoms with Crippen LogP contribution in [0.5, 0.6) is 0 Å². The predicted octanol–water partition coefficient (Wildman–Crippen LogP) is 3.67. The Balaban J connectivity index is 1.68. The van der Waals surface area contributed by atoms with E-state index in [2.05, 4.69) is 30.1 Å². The van der Waals surface area contributed by atoms with Gasteiger partial charge in [0, 0.05) is 24.0 Å². The topological polar surface area (TPSA) is 29.3 Å². The number of hydrogen-bond donors (Lipinski definition) is 1. The Kier molecular flexibility index (Phi) is 2.39. The van der Waals surface area contributed by atoms with Gasteiger partial charge < -0.3 is 10.6 Å². The van der Waals surface area contributed by atoms with Crippen molar-refractivity contribution < 1.29 is 0 Å². The number of benzene rings is 1. The second-order valence-corrected chi connectivity index (χ2v) is 7.30. The van der Waals surface area contributed by atoms with E-state index in [1.807, 2.05) is 6.07 Å². The number of nitrogens with zero attached hydrogens (tertiary/aromatic N) is 1. The number of nitrogen functional groups attached to an aromatic ring is 1. The summed E-state index contributed by atoms with van der Waals surface area (Å²) in [6, 6.07) is 8.42. The molecule has 4 saturated carbocycles. The minimum absolute atomic E-state index is 0.433. The Bertz CT molecular complexity index is 459. The van der Waals surface area contributed by atoms with Gasteiger partial charge in [-0.25, -0.2) is 0 Å². The fraction of sp³-hybridized carbons (Fsp3) is 0.647. The molecular weight excluding hydrogens is 232 g/mol. The van der Waals surface area contributed by atoms with Gasteiger partial charge in [0.15, 0.2) is 0 Å². The lowest BCUT2D eigenvalue weighted by Crippen LogP contribution is -2.59. The van der Waals surface area contributed by atoms with Gasteiger partial charge in [0.2, 0.25) is 0 Å². The summed E-state index contributed by atoms with van der Waals surface area (Å²) in [5, 5.41) is 0. The molecule has 4 fully saturated rings. The van der Waals surface area contributed by atoms with Crippen LogP contribution in [0.1, 0.15) is 38.5 Å². The fourth-order valence-electron chi connectivity index (χ4n) is 5.48. The molecule has 5 rings (SSSR count). The molecule has 0 aliphatic heterocycles. The number of rotatable bonds is 2. The van der Waals surface area contributed by atoms with Gasteiger partial charge in [-0.2, -0.15) is 0 Å². The molecule has 0 amide bonds. The van der Waals surface area contributed by atoms with Gasteiger partial charge in [-0.15, -0.1) is 0 Å². The molecule has 0 aromatic heterocycles. The minimum Gasteiger partial charge on any atom is -0.399 e. The van der Waals surface area contributed by atoms with E-state index in [1.54, 1.807) is 0 Å². The molecule has 0 unspecified atom stereocenters. The third-order valence-electron chi connectivity index (χ3n) is 5.97. The van der Waals surface area contributed by atoms with Crippen LogP contribution in [-0.4, -0.2) is 12.6 Å². The Labute approximate surface area is 116 Å². The largest absolute Gasteiger partial charge is 0.399 e. The molecule has 4 bridgehead atoms. The van der Waals surface area contributed by atoms with Crippen molar-refractivity contribution >= 4 is 11.4 Å². The quantitative estimate of drug-likeness (QED) is 0.818. The standard InChI is InChI=1S/C17H24N2/c1-19(16-4-2-3-15(18)8-16)17-9-12-5-13(10-17)7-14(6-12)11-17/h2-4,8,12-14H,5-7,9-11,18H2,1H3. The molecule has 1 aromatic carbocycles. The van der Waals surface area contributed by atoms with Gasteiger partial charge in [-0.1, -0.05) is 6.07 Å². The molecule has 0 radical (unpaired) electrons. The van der Waals surface area contributed by atoms with Crippen molar-refractivity contribution in [2.45, 2.75) is 44.1 Å². The zero-order valence-electron chi connectivity index (χ0n) is 11.8. The summed E-state index contributed by atoms with van der Waals surface area (Å²) in [5.41, 5.74) is 8.59. The predicted molar refractivity (Wildman–Crippen MR) is 80.2 cm³/mol. The highest BCUT2D eigenvalue weighted by Gasteiger charge is 2.52. The third-order valence-corrected chi connectivity index (χ3v) is 5.97. The first-order valence-corrected chi connectivity index (χ1v) is 7.74. The zero-order chi connectivity index (χ0) is 13.0. The smallest absolute Gasteiger partial charge is 0.0407 e. The minimum atomic E-state index is 0.433. The number of anilines is 2. The molecule has 0 spiro atoms. The van der Waals surface area contributed by atoms with E-state index in [-0.39, 0.29) is 0 Å². The lowest BCUT2D eigenvalue weighted by Gasteiger charge is -2.60. The van der Waals surface area contributed by atoms with Crippen molar-refractivity contribution in [1.82, 2.24) is 0 Å². The Morgan fingerprint density at radius 2 is 1.63 bits per heavy atom. The second kappa shape index (κ2) is 3.91. The molecule has 2 heteroatoms. The van der Waals surface area contributed by atoms with E-state index in [4.69, 9.17) is 5.73 Å². The highest BCUT2D eigenvalue weighted by atomic mass is 15.2. The number of nitrogens with two attached hydrogens (primary N) is 1. The van der Waals surface area contributed by atoms with Crippen molar-refractivity contribution in [2.75, 3.05) is 17.7 Å². The lowest BCUT2D eigenvalue weighted by atomic mass is 9.52. The molecule has 102 valence electrons. The van der Waals surface area contributed by atoms with Crippen LogP contribution < -0.4 is 10.6 Å². The highest BCUT2D eigenvalue weighted by molar-refractivity contribution is 5.57. The van der Waals surface area contributed by atoms with E-state index in [0.29, 0.717) is 5.54 Å². The molecule has 1 aromatic rings. The van der Waals surface area contributed by atoms with Crippen LogP contribution in [0.15, 0.2) is 24.3 Å². The molecule has 4 aliphatic rings. The lowest BCUT2D eigenvalue weighted by molar-refractivity contribution is -0.00200. The summed E-state index contributed by atoms with van der Waals surface area (Å²) in [4.78, 5) is 2.56. The molecule has 2 N–H and O–H groups in total. The Morgan fingerprint density at radius 3 is 2.16 bits per heavy atom. The van der Waals surface area contributed by atoms with Crippen LogP contribution in [0, 0.1) is 17.8 Å². The second-order valence-electron chi connectivity index (χ2n) is 7.30. The molecule has 0 saturated heterocycles. The maximum Gasteiger partial charge on any atom is 0.0407 e. The van der Waals surface area contributed by atoms with E-state index in [1.165, 1.54) is 44.2 Å². The zero-order valence-corrected chi connectivity index (χ0v) is 11.8. The third kappa shape index (κ3) is 1.76. The summed E-state index contributed by atoms with van der Waals surface area (Å²) < 4.78 is 0. The first kappa shape index (κ1) is 11.6. The van der Waals surface area contributed by atoms with E-state index in [0.717, 1.165) is 23.4 Å². The van der Waals surface area contributed by atoms with Crippen LogP contribution in [0.25, 0.3) is 0 Å². The maximum atomic E-state index is 5.96. The first-order chi connectivity index (χ1) is 9.14. The van der Waals surface area contributed by atoms with Crippen LogP contribution in [0.4, 0.5) is 11.4 Å². The fourth-order valence-corrected chi connectivity index (χ4v) is 5.48. The van der Waals surface area contributed by atoms with Crippen molar-refractivity contribution in [2.24, 2.45) is 17.8 Å². The molecule has 0 heterocycles. The van der Waals surface area contributed by atoms with Crippen molar-refractivity contribution in [3.63, 3.8) is 0 Å². The molecule has 4 aliphatic carbocycles. The van der Waals surface area contributed by atoms with Crippen LogP contribution in [0.2, 0.25) is 0 Å². The summed E-state index contributed by atoms with van der Waals surface area (Å²) in [6.07, 6.45) is 8.73. The Morgan fingerprint density at radius 1 is 1.05 bits per heavy atom. The molecule has 19 heavy (non-hydrogen) atoms. The Hall–Kier alpha value is -1.18. The normalized spacial score (nSPS) is 39.5. The van der Waals surface area contributed by atoms with Gasteiger partial charge in [-0.05, 0) is 74.5 Å². The summed E-state index contributed by atoms with van der Waals surface area (Å²) in [5.74, 6) is 2.99. The van der Waals surface area contributed by atoms with E-state index >= 15 is 0 Å². The summed E-state index contributed by atoms with van der Waals surface area (Å²) in [6.45, 7) is 0. The molecular formula is C17H24N2. The van der Waals surface area contributed by atoms with Crippen LogP contribution >= 0.6 is 0 Å².